The van der Waals surface area contributed by atoms with E-state index >= 15 is 0 Å². The van der Waals surface area contributed by atoms with Crippen LogP contribution in [0.2, 0.25) is 0 Å². The summed E-state index contributed by atoms with van der Waals surface area (Å²) in [5.41, 5.74) is 1.71. The van der Waals surface area contributed by atoms with E-state index in [0.29, 0.717) is 38.4 Å². The molecule has 0 aromatic heterocycles. The molecule has 0 bridgehead atoms. The number of amides is 2. The van der Waals surface area contributed by atoms with E-state index in [9.17, 15) is 14.9 Å². The van der Waals surface area contributed by atoms with Crippen molar-refractivity contribution in [3.8, 4) is 0 Å². The number of carbonyl (C=O) groups excluding carboxylic acids is 1. The van der Waals surface area contributed by atoms with Crippen LogP contribution in [0, 0.1) is 22.0 Å². The van der Waals surface area contributed by atoms with Crippen LogP contribution < -0.4 is 5.32 Å². The van der Waals surface area contributed by atoms with Crippen LogP contribution in [-0.4, -0.2) is 40.7 Å². The van der Waals surface area contributed by atoms with Gasteiger partial charge in [0.1, 0.15) is 0 Å². The van der Waals surface area contributed by atoms with Crippen LogP contribution in [0.4, 0.5) is 10.5 Å². The van der Waals surface area contributed by atoms with E-state index in [0.717, 1.165) is 17.5 Å². The van der Waals surface area contributed by atoms with Gasteiger partial charge in [0, 0.05) is 37.9 Å². The SMILES string of the molecule is CC(C)CC(CCO)CNC(=O)N1CCc2c(cccc2[N+](=O)[O-])C1. The number of carbonyl (C=O) groups is 1. The predicted octanol–water partition coefficient (Wildman–Crippen LogP) is 2.71. The van der Waals surface area contributed by atoms with Crippen molar-refractivity contribution in [2.75, 3.05) is 19.7 Å². The number of aliphatic hydroxyl groups excluding tert-OH is 1. The van der Waals surface area contributed by atoms with Crippen molar-refractivity contribution in [2.45, 2.75) is 39.7 Å². The molecule has 1 aromatic carbocycles. The number of aliphatic hydroxyl groups is 1. The highest BCUT2D eigenvalue weighted by molar-refractivity contribution is 5.74. The van der Waals surface area contributed by atoms with E-state index in [1.807, 2.05) is 6.07 Å². The molecule has 1 unspecified atom stereocenters. The standard InChI is InChI=1S/C18H27N3O4/c1-13(2)10-14(7-9-22)11-19-18(23)20-8-6-16-15(12-20)4-3-5-17(16)21(24)25/h3-5,13-14,22H,6-12H2,1-2H3,(H,19,23). The van der Waals surface area contributed by atoms with E-state index in [2.05, 4.69) is 19.2 Å². The van der Waals surface area contributed by atoms with Crippen LogP contribution in [-0.2, 0) is 13.0 Å². The van der Waals surface area contributed by atoms with Crippen molar-refractivity contribution >= 4 is 11.7 Å². The van der Waals surface area contributed by atoms with Crippen LogP contribution in [0.1, 0.15) is 37.8 Å². The number of benzene rings is 1. The Balaban J connectivity index is 1.96. The fourth-order valence-corrected chi connectivity index (χ4v) is 3.43. The smallest absolute Gasteiger partial charge is 0.317 e. The summed E-state index contributed by atoms with van der Waals surface area (Å²) in [6, 6.07) is 4.87. The molecule has 25 heavy (non-hydrogen) atoms. The summed E-state index contributed by atoms with van der Waals surface area (Å²) in [5, 5.41) is 23.2. The lowest BCUT2D eigenvalue weighted by atomic mass is 9.94. The molecule has 1 atom stereocenters. The number of hydrogen-bond acceptors (Lipinski definition) is 4. The summed E-state index contributed by atoms with van der Waals surface area (Å²) >= 11 is 0. The number of fused-ring (bicyclic) bond motifs is 1. The van der Waals surface area contributed by atoms with Gasteiger partial charge in [-0.2, -0.15) is 0 Å². The summed E-state index contributed by atoms with van der Waals surface area (Å²) in [4.78, 5) is 24.9. The van der Waals surface area contributed by atoms with E-state index in [-0.39, 0.29) is 29.2 Å². The minimum Gasteiger partial charge on any atom is -0.396 e. The zero-order valence-corrected chi connectivity index (χ0v) is 14.9. The highest BCUT2D eigenvalue weighted by Crippen LogP contribution is 2.27. The molecule has 2 N–H and O–H groups in total. The van der Waals surface area contributed by atoms with E-state index in [1.54, 1.807) is 11.0 Å². The zero-order valence-electron chi connectivity index (χ0n) is 14.9. The van der Waals surface area contributed by atoms with E-state index < -0.39 is 0 Å². The topological polar surface area (TPSA) is 95.7 Å². The third-order valence-electron chi connectivity index (χ3n) is 4.61. The fourth-order valence-electron chi connectivity index (χ4n) is 3.43. The summed E-state index contributed by atoms with van der Waals surface area (Å²) in [6.45, 7) is 5.77. The van der Waals surface area contributed by atoms with E-state index in [1.165, 1.54) is 6.07 Å². The normalized spacial score (nSPS) is 15.0. The molecule has 7 nitrogen and oxygen atoms in total. The number of nitrogens with one attached hydrogen (secondary N) is 1. The van der Waals surface area contributed by atoms with Gasteiger partial charge in [-0.15, -0.1) is 0 Å². The first-order chi connectivity index (χ1) is 11.9. The van der Waals surface area contributed by atoms with Gasteiger partial charge in [-0.05, 0) is 36.7 Å². The lowest BCUT2D eigenvalue weighted by Gasteiger charge is -2.29. The van der Waals surface area contributed by atoms with Gasteiger partial charge >= 0.3 is 6.03 Å². The number of nitrogens with zero attached hydrogens (tertiary/aromatic N) is 2. The van der Waals surface area contributed by atoms with Gasteiger partial charge < -0.3 is 15.3 Å². The lowest BCUT2D eigenvalue weighted by Crippen LogP contribution is -2.44. The van der Waals surface area contributed by atoms with Crippen molar-refractivity contribution in [1.82, 2.24) is 10.2 Å². The fraction of sp³-hybridized carbons (Fsp3) is 0.611. The molecule has 0 aliphatic carbocycles. The molecular formula is C18H27N3O4. The molecule has 1 aliphatic heterocycles. The van der Waals surface area contributed by atoms with Crippen LogP contribution in [0.5, 0.6) is 0 Å². The number of hydrogen-bond donors (Lipinski definition) is 2. The third-order valence-corrected chi connectivity index (χ3v) is 4.61. The molecular weight excluding hydrogens is 322 g/mol. The maximum Gasteiger partial charge on any atom is 0.317 e. The first-order valence-corrected chi connectivity index (χ1v) is 8.81. The molecule has 1 heterocycles. The first kappa shape index (κ1) is 19.2. The molecule has 0 radical (unpaired) electrons. The average Bonchev–Trinajstić information content (AvgIpc) is 2.58. The molecule has 7 heteroatoms. The van der Waals surface area contributed by atoms with Crippen LogP contribution in [0.15, 0.2) is 18.2 Å². The Labute approximate surface area is 148 Å². The average molecular weight is 349 g/mol. The largest absolute Gasteiger partial charge is 0.396 e. The second kappa shape index (κ2) is 8.80. The Hall–Kier alpha value is -2.15. The second-order valence-electron chi connectivity index (χ2n) is 7.04. The van der Waals surface area contributed by atoms with Gasteiger partial charge in [-0.3, -0.25) is 10.1 Å². The highest BCUT2D eigenvalue weighted by Gasteiger charge is 2.26. The van der Waals surface area contributed by atoms with Crippen LogP contribution in [0.3, 0.4) is 0 Å². The van der Waals surface area contributed by atoms with Crippen molar-refractivity contribution in [3.05, 3.63) is 39.4 Å². The van der Waals surface area contributed by atoms with Crippen molar-refractivity contribution in [2.24, 2.45) is 11.8 Å². The van der Waals surface area contributed by atoms with Gasteiger partial charge in [0.25, 0.3) is 5.69 Å². The Morgan fingerprint density at radius 3 is 2.84 bits per heavy atom. The summed E-state index contributed by atoms with van der Waals surface area (Å²) in [6.07, 6.45) is 2.12. The summed E-state index contributed by atoms with van der Waals surface area (Å²) < 4.78 is 0. The van der Waals surface area contributed by atoms with Crippen molar-refractivity contribution in [3.63, 3.8) is 0 Å². The molecule has 138 valence electrons. The number of rotatable bonds is 7. The molecule has 2 amide bonds. The summed E-state index contributed by atoms with van der Waals surface area (Å²) in [7, 11) is 0. The maximum atomic E-state index is 12.4. The minimum atomic E-state index is -0.361. The van der Waals surface area contributed by atoms with Crippen LogP contribution >= 0.6 is 0 Å². The van der Waals surface area contributed by atoms with Crippen molar-refractivity contribution in [1.29, 1.82) is 0 Å². The first-order valence-electron chi connectivity index (χ1n) is 8.81. The second-order valence-corrected chi connectivity index (χ2v) is 7.04. The number of nitro groups is 1. The maximum absolute atomic E-state index is 12.4. The van der Waals surface area contributed by atoms with Crippen LogP contribution in [0.25, 0.3) is 0 Å². The molecule has 1 aliphatic rings. The molecule has 0 saturated carbocycles. The quantitative estimate of drug-likeness (QED) is 0.584. The number of nitro benzene ring substituents is 1. The zero-order chi connectivity index (χ0) is 18.4. The van der Waals surface area contributed by atoms with E-state index in [4.69, 9.17) is 5.11 Å². The van der Waals surface area contributed by atoms with Crippen molar-refractivity contribution < 1.29 is 14.8 Å². The Morgan fingerprint density at radius 1 is 1.44 bits per heavy atom. The Morgan fingerprint density at radius 2 is 2.20 bits per heavy atom. The van der Waals surface area contributed by atoms with Gasteiger partial charge in [0.2, 0.25) is 0 Å². The summed E-state index contributed by atoms with van der Waals surface area (Å²) in [5.74, 6) is 0.767. The third kappa shape index (κ3) is 5.16. The molecule has 0 spiro atoms. The molecule has 0 saturated heterocycles. The molecule has 0 fully saturated rings. The molecule has 1 aromatic rings. The van der Waals surface area contributed by atoms with Gasteiger partial charge in [-0.25, -0.2) is 4.79 Å². The highest BCUT2D eigenvalue weighted by atomic mass is 16.6. The lowest BCUT2D eigenvalue weighted by molar-refractivity contribution is -0.385. The molecule has 2 rings (SSSR count). The van der Waals surface area contributed by atoms with Gasteiger partial charge in [-0.1, -0.05) is 26.0 Å². The Kier molecular flexibility index (Phi) is 6.75. The Bertz CT molecular complexity index is 618. The van der Waals surface area contributed by atoms with Gasteiger partial charge in [0.15, 0.2) is 0 Å². The predicted molar refractivity (Wildman–Crippen MR) is 95.3 cm³/mol. The van der Waals surface area contributed by atoms with Gasteiger partial charge in [0.05, 0.1) is 4.92 Å². The number of urea groups is 1. The monoisotopic (exact) mass is 349 g/mol. The minimum absolute atomic E-state index is 0.119.